The Hall–Kier alpha value is -0.550. The maximum Gasteiger partial charge on any atom is 0.0934 e. The van der Waals surface area contributed by atoms with E-state index in [9.17, 15) is 0 Å². The molecule has 2 heteroatoms. The zero-order valence-corrected chi connectivity index (χ0v) is 7.92. The van der Waals surface area contributed by atoms with Crippen LogP contribution < -0.4 is 0 Å². The zero-order chi connectivity index (χ0) is 8.98. The lowest BCUT2D eigenvalue weighted by atomic mass is 9.66. The van der Waals surface area contributed by atoms with E-state index in [1.165, 1.54) is 0 Å². The smallest absolute Gasteiger partial charge is 0.0934 e. The molecule has 1 aliphatic carbocycles. The third-order valence-corrected chi connectivity index (χ3v) is 3.54. The summed E-state index contributed by atoms with van der Waals surface area (Å²) < 4.78 is 5.66. The summed E-state index contributed by atoms with van der Waals surface area (Å²) >= 11 is 0. The molecule has 0 amide bonds. The van der Waals surface area contributed by atoms with Gasteiger partial charge < -0.3 is 4.74 Å². The normalized spacial score (nSPS) is 49.2. The lowest BCUT2D eigenvalue weighted by Crippen LogP contribution is -2.37. The third-order valence-electron chi connectivity index (χ3n) is 3.54. The van der Waals surface area contributed by atoms with Gasteiger partial charge in [-0.15, -0.1) is 0 Å². The van der Waals surface area contributed by atoms with Crippen LogP contribution >= 0.6 is 0 Å². The van der Waals surface area contributed by atoms with Crippen molar-refractivity contribution in [3.05, 3.63) is 0 Å². The Morgan fingerprint density at radius 3 is 2.67 bits per heavy atom. The first-order valence-electron chi connectivity index (χ1n) is 4.58. The Bertz CT molecular complexity index is 253. The van der Waals surface area contributed by atoms with E-state index >= 15 is 0 Å². The second kappa shape index (κ2) is 2.03. The van der Waals surface area contributed by atoms with E-state index in [0.717, 1.165) is 12.8 Å². The first kappa shape index (κ1) is 8.07. The summed E-state index contributed by atoms with van der Waals surface area (Å²) in [5.41, 5.74) is 0.165. The Morgan fingerprint density at radius 1 is 1.42 bits per heavy atom. The summed E-state index contributed by atoms with van der Waals surface area (Å²) in [6.45, 7) is 6.46. The summed E-state index contributed by atoms with van der Waals surface area (Å²) in [5, 5.41) is 8.94. The molecule has 0 aromatic heterocycles. The van der Waals surface area contributed by atoms with Gasteiger partial charge in [0.25, 0.3) is 0 Å². The fraction of sp³-hybridized carbons (Fsp3) is 0.900. The first-order chi connectivity index (χ1) is 5.50. The minimum absolute atomic E-state index is 0.0573. The summed E-state index contributed by atoms with van der Waals surface area (Å²) in [7, 11) is 0. The molecule has 0 spiro atoms. The molecule has 0 N–H and O–H groups in total. The maximum atomic E-state index is 8.94. The standard InChI is InChI=1S/C10H15NO/c1-9(2)7(6-11)4-5-10(3)8(9)12-10/h7-8H,4-5H2,1-3H3/t7-,8-,10+/m0/s1. The van der Waals surface area contributed by atoms with E-state index in [4.69, 9.17) is 10.00 Å². The quantitative estimate of drug-likeness (QED) is 0.515. The molecular weight excluding hydrogens is 150 g/mol. The molecule has 3 atom stereocenters. The monoisotopic (exact) mass is 165 g/mol. The van der Waals surface area contributed by atoms with Gasteiger partial charge in [-0.2, -0.15) is 5.26 Å². The molecule has 0 aromatic rings. The van der Waals surface area contributed by atoms with Crippen LogP contribution in [0.25, 0.3) is 0 Å². The van der Waals surface area contributed by atoms with Gasteiger partial charge >= 0.3 is 0 Å². The highest BCUT2D eigenvalue weighted by Crippen LogP contribution is 2.58. The van der Waals surface area contributed by atoms with E-state index in [-0.39, 0.29) is 16.9 Å². The van der Waals surface area contributed by atoms with Gasteiger partial charge in [0.15, 0.2) is 0 Å². The molecule has 1 saturated heterocycles. The van der Waals surface area contributed by atoms with Crippen LogP contribution in [-0.4, -0.2) is 11.7 Å². The third kappa shape index (κ3) is 0.834. The van der Waals surface area contributed by atoms with Crippen molar-refractivity contribution < 1.29 is 4.74 Å². The van der Waals surface area contributed by atoms with Gasteiger partial charge in [-0.3, -0.25) is 0 Å². The predicted octanol–water partition coefficient (Wildman–Crippen LogP) is 2.10. The van der Waals surface area contributed by atoms with E-state index in [1.54, 1.807) is 0 Å². The molecule has 1 heterocycles. The van der Waals surface area contributed by atoms with Gasteiger partial charge in [0.05, 0.1) is 23.7 Å². The van der Waals surface area contributed by atoms with E-state index in [2.05, 4.69) is 26.8 Å². The predicted molar refractivity (Wildman–Crippen MR) is 45.4 cm³/mol. The second-order valence-corrected chi connectivity index (χ2v) is 4.85. The fourth-order valence-electron chi connectivity index (χ4n) is 2.58. The summed E-state index contributed by atoms with van der Waals surface area (Å²) in [5.74, 6) is 0.179. The van der Waals surface area contributed by atoms with Gasteiger partial charge in [0, 0.05) is 5.41 Å². The van der Waals surface area contributed by atoms with E-state index < -0.39 is 0 Å². The van der Waals surface area contributed by atoms with Crippen LogP contribution in [-0.2, 0) is 4.74 Å². The van der Waals surface area contributed by atoms with E-state index in [0.29, 0.717) is 6.10 Å². The molecule has 2 rings (SSSR count). The number of nitrogens with zero attached hydrogens (tertiary/aromatic N) is 1. The molecule has 0 bridgehead atoms. The van der Waals surface area contributed by atoms with Crippen molar-refractivity contribution in [1.29, 1.82) is 5.26 Å². The summed E-state index contributed by atoms with van der Waals surface area (Å²) in [4.78, 5) is 0. The first-order valence-corrected chi connectivity index (χ1v) is 4.58. The van der Waals surface area contributed by atoms with Crippen LogP contribution in [0.4, 0.5) is 0 Å². The summed E-state index contributed by atoms with van der Waals surface area (Å²) in [6, 6.07) is 2.39. The van der Waals surface area contributed by atoms with E-state index in [1.807, 2.05) is 0 Å². The average molecular weight is 165 g/mol. The van der Waals surface area contributed by atoms with Crippen molar-refractivity contribution in [3.8, 4) is 6.07 Å². The van der Waals surface area contributed by atoms with Gasteiger partial charge in [-0.1, -0.05) is 13.8 Å². The van der Waals surface area contributed by atoms with Crippen molar-refractivity contribution in [1.82, 2.24) is 0 Å². The van der Waals surface area contributed by atoms with Gasteiger partial charge in [0.1, 0.15) is 0 Å². The van der Waals surface area contributed by atoms with Gasteiger partial charge in [0.2, 0.25) is 0 Å². The Morgan fingerprint density at radius 2 is 2.08 bits per heavy atom. The molecule has 12 heavy (non-hydrogen) atoms. The highest BCUT2D eigenvalue weighted by molar-refractivity contribution is 5.15. The van der Waals surface area contributed by atoms with Crippen LogP contribution in [0, 0.1) is 22.7 Å². The van der Waals surface area contributed by atoms with Crippen molar-refractivity contribution in [2.24, 2.45) is 11.3 Å². The number of hydrogen-bond acceptors (Lipinski definition) is 2. The average Bonchev–Trinajstić information content (AvgIpc) is 2.64. The Kier molecular flexibility index (Phi) is 1.36. The number of fused-ring (bicyclic) bond motifs is 1. The molecule has 1 saturated carbocycles. The van der Waals surface area contributed by atoms with Crippen LogP contribution in [0.1, 0.15) is 33.6 Å². The molecule has 0 radical (unpaired) electrons. The highest BCUT2D eigenvalue weighted by Gasteiger charge is 2.64. The molecular formula is C10H15NO. The number of hydrogen-bond donors (Lipinski definition) is 0. The number of nitriles is 1. The lowest BCUT2D eigenvalue weighted by Gasteiger charge is -2.33. The lowest BCUT2D eigenvalue weighted by molar-refractivity contribution is 0.177. The van der Waals surface area contributed by atoms with Crippen LogP contribution in [0.3, 0.4) is 0 Å². The molecule has 2 aliphatic rings. The Balaban J connectivity index is 2.23. The fourth-order valence-corrected chi connectivity index (χ4v) is 2.58. The van der Waals surface area contributed by atoms with Crippen molar-refractivity contribution in [2.45, 2.75) is 45.3 Å². The van der Waals surface area contributed by atoms with Crippen molar-refractivity contribution in [3.63, 3.8) is 0 Å². The minimum atomic E-state index is 0.0573. The Labute approximate surface area is 73.5 Å². The van der Waals surface area contributed by atoms with Gasteiger partial charge in [-0.05, 0) is 19.8 Å². The van der Waals surface area contributed by atoms with Crippen LogP contribution in [0.5, 0.6) is 0 Å². The molecule has 0 aromatic carbocycles. The topological polar surface area (TPSA) is 36.3 Å². The zero-order valence-electron chi connectivity index (χ0n) is 7.92. The molecule has 66 valence electrons. The highest BCUT2D eigenvalue weighted by atomic mass is 16.6. The van der Waals surface area contributed by atoms with Gasteiger partial charge in [-0.25, -0.2) is 0 Å². The van der Waals surface area contributed by atoms with Crippen LogP contribution in [0.2, 0.25) is 0 Å². The number of ether oxygens (including phenoxy) is 1. The van der Waals surface area contributed by atoms with Crippen molar-refractivity contribution >= 4 is 0 Å². The minimum Gasteiger partial charge on any atom is -0.366 e. The molecule has 0 unspecified atom stereocenters. The molecule has 2 nitrogen and oxygen atoms in total. The molecule has 2 fully saturated rings. The molecule has 1 aliphatic heterocycles. The van der Waals surface area contributed by atoms with Crippen molar-refractivity contribution in [2.75, 3.05) is 0 Å². The largest absolute Gasteiger partial charge is 0.366 e. The van der Waals surface area contributed by atoms with Crippen LogP contribution in [0.15, 0.2) is 0 Å². The maximum absolute atomic E-state index is 8.94. The SMILES string of the molecule is CC1(C)[C@H](C#N)CC[C@@]2(C)O[C@@H]12. The summed E-state index contributed by atoms with van der Waals surface area (Å²) in [6.07, 6.45) is 2.37. The second-order valence-electron chi connectivity index (χ2n) is 4.85. The number of epoxide rings is 1. The number of rotatable bonds is 0.